The molecular weight excluding hydrogens is 176 g/mol. The fraction of sp³-hybridized carbons (Fsp3) is 0.714. The van der Waals surface area contributed by atoms with Gasteiger partial charge in [0.1, 0.15) is 0 Å². The van der Waals surface area contributed by atoms with E-state index in [0.717, 1.165) is 11.4 Å². The van der Waals surface area contributed by atoms with Gasteiger partial charge < -0.3 is 5.73 Å². The first kappa shape index (κ1) is 11.4. The summed E-state index contributed by atoms with van der Waals surface area (Å²) in [6.45, 7) is 6.71. The fourth-order valence-corrected chi connectivity index (χ4v) is 0.996. The first-order valence-electron chi connectivity index (χ1n) is 3.66. The van der Waals surface area contributed by atoms with Crippen LogP contribution in [-0.4, -0.2) is 15.4 Å². The Bertz CT molecular complexity index is 238. The van der Waals surface area contributed by atoms with Crippen LogP contribution in [0.25, 0.3) is 0 Å². The van der Waals surface area contributed by atoms with Crippen LogP contribution in [0.4, 0.5) is 0 Å². The van der Waals surface area contributed by atoms with Crippen LogP contribution in [0.15, 0.2) is 0 Å². The van der Waals surface area contributed by atoms with Gasteiger partial charge in [-0.3, -0.25) is 0 Å². The third kappa shape index (κ3) is 2.19. The van der Waals surface area contributed by atoms with E-state index >= 15 is 0 Å². The van der Waals surface area contributed by atoms with Crippen molar-refractivity contribution in [1.82, 2.24) is 15.4 Å². The molecule has 0 unspecified atom stereocenters. The summed E-state index contributed by atoms with van der Waals surface area (Å²) in [5, 5.41) is 10.6. The Morgan fingerprint density at radius 1 is 1.33 bits per heavy atom. The highest BCUT2D eigenvalue weighted by Gasteiger charge is 2.20. The van der Waals surface area contributed by atoms with Gasteiger partial charge in [0.05, 0.1) is 11.4 Å². The monoisotopic (exact) mass is 190 g/mol. The quantitative estimate of drug-likeness (QED) is 0.694. The molecule has 0 bridgehead atoms. The molecule has 1 aromatic rings. The molecule has 0 saturated heterocycles. The maximum atomic E-state index is 5.47. The van der Waals surface area contributed by atoms with Crippen molar-refractivity contribution in [2.45, 2.75) is 32.7 Å². The van der Waals surface area contributed by atoms with E-state index in [9.17, 15) is 0 Å². The van der Waals surface area contributed by atoms with Gasteiger partial charge in [0.15, 0.2) is 0 Å². The van der Waals surface area contributed by atoms with Crippen LogP contribution in [0.3, 0.4) is 0 Å². The lowest BCUT2D eigenvalue weighted by atomic mass is 9.91. The van der Waals surface area contributed by atoms with E-state index < -0.39 is 0 Å². The Hall–Kier alpha value is -0.610. The minimum Gasteiger partial charge on any atom is -0.325 e. The Morgan fingerprint density at radius 3 is 2.25 bits per heavy atom. The van der Waals surface area contributed by atoms with Gasteiger partial charge in [-0.15, -0.1) is 12.4 Å². The molecule has 3 N–H and O–H groups in total. The van der Waals surface area contributed by atoms with Crippen LogP contribution in [0, 0.1) is 0 Å². The highest BCUT2D eigenvalue weighted by molar-refractivity contribution is 5.85. The number of nitrogens with two attached hydrogens (primary N) is 1. The predicted octanol–water partition coefficient (Wildman–Crippen LogP) is 0.983. The number of rotatable bonds is 1. The van der Waals surface area contributed by atoms with Crippen molar-refractivity contribution < 1.29 is 0 Å². The summed E-state index contributed by atoms with van der Waals surface area (Å²) >= 11 is 0. The number of nitrogens with zero attached hydrogens (tertiary/aromatic N) is 2. The predicted molar refractivity (Wildman–Crippen MR) is 50.2 cm³/mol. The molecule has 0 aliphatic heterocycles. The number of halogens is 1. The molecule has 1 aromatic heterocycles. The van der Waals surface area contributed by atoms with Gasteiger partial charge in [-0.2, -0.15) is 15.4 Å². The number of H-pyrrole nitrogens is 1. The highest BCUT2D eigenvalue weighted by Crippen LogP contribution is 2.21. The summed E-state index contributed by atoms with van der Waals surface area (Å²) in [4.78, 5) is 0. The smallest absolute Gasteiger partial charge is 0.0997 e. The van der Waals surface area contributed by atoms with Gasteiger partial charge in [0.25, 0.3) is 0 Å². The molecule has 0 saturated carbocycles. The summed E-state index contributed by atoms with van der Waals surface area (Å²) < 4.78 is 0. The van der Waals surface area contributed by atoms with E-state index in [1.54, 1.807) is 0 Å². The summed E-state index contributed by atoms with van der Waals surface area (Å²) in [7, 11) is 0. The number of aromatic amines is 1. The zero-order valence-corrected chi connectivity index (χ0v) is 8.40. The Balaban J connectivity index is 0.00000121. The zero-order chi connectivity index (χ0) is 8.48. The van der Waals surface area contributed by atoms with E-state index in [0.29, 0.717) is 6.54 Å². The van der Waals surface area contributed by atoms with Gasteiger partial charge in [-0.25, -0.2) is 0 Å². The normalized spacial score (nSPS) is 11.0. The van der Waals surface area contributed by atoms with Crippen molar-refractivity contribution in [2.24, 2.45) is 5.73 Å². The van der Waals surface area contributed by atoms with Crippen molar-refractivity contribution in [3.63, 3.8) is 0 Å². The molecule has 0 aromatic carbocycles. The summed E-state index contributed by atoms with van der Waals surface area (Å²) in [5.41, 5.74) is 7.32. The number of hydrogen-bond donors (Lipinski definition) is 2. The third-order valence-corrected chi connectivity index (χ3v) is 1.52. The van der Waals surface area contributed by atoms with Crippen LogP contribution in [-0.2, 0) is 12.0 Å². The molecule has 1 heterocycles. The van der Waals surface area contributed by atoms with Crippen molar-refractivity contribution in [1.29, 1.82) is 0 Å². The number of aromatic nitrogens is 3. The molecule has 4 nitrogen and oxygen atoms in total. The largest absolute Gasteiger partial charge is 0.325 e. The molecule has 12 heavy (non-hydrogen) atoms. The van der Waals surface area contributed by atoms with Crippen LogP contribution in [0.5, 0.6) is 0 Å². The summed E-state index contributed by atoms with van der Waals surface area (Å²) in [6, 6.07) is 0. The van der Waals surface area contributed by atoms with Gasteiger partial charge in [0, 0.05) is 12.0 Å². The average molecular weight is 191 g/mol. The summed E-state index contributed by atoms with van der Waals surface area (Å²) in [6.07, 6.45) is 0. The second kappa shape index (κ2) is 3.87. The van der Waals surface area contributed by atoms with Gasteiger partial charge in [-0.05, 0) is 0 Å². The average Bonchev–Trinajstić information content (AvgIpc) is 2.31. The lowest BCUT2D eigenvalue weighted by Crippen LogP contribution is -2.16. The number of nitrogens with one attached hydrogen (secondary N) is 1. The van der Waals surface area contributed by atoms with Crippen molar-refractivity contribution in [3.8, 4) is 0 Å². The number of hydrogen-bond acceptors (Lipinski definition) is 3. The third-order valence-electron chi connectivity index (χ3n) is 1.52. The van der Waals surface area contributed by atoms with E-state index in [1.807, 2.05) is 0 Å². The standard InChI is InChI=1S/C7H14N4.ClH/c1-7(2,3)6-5(4-8)9-11-10-6;/h4,8H2,1-3H3,(H,9,10,11);1H. The lowest BCUT2D eigenvalue weighted by Gasteiger charge is -2.15. The van der Waals surface area contributed by atoms with E-state index in [2.05, 4.69) is 36.2 Å². The van der Waals surface area contributed by atoms with E-state index in [-0.39, 0.29) is 17.8 Å². The molecule has 0 radical (unpaired) electrons. The zero-order valence-electron chi connectivity index (χ0n) is 7.59. The molecule has 70 valence electrons. The molecule has 1 rings (SSSR count). The molecule has 0 spiro atoms. The van der Waals surface area contributed by atoms with Crippen LogP contribution in [0.1, 0.15) is 32.2 Å². The van der Waals surface area contributed by atoms with E-state index in [1.165, 1.54) is 0 Å². The lowest BCUT2D eigenvalue weighted by molar-refractivity contribution is 0.560. The minimum absolute atomic E-state index is 0. The van der Waals surface area contributed by atoms with Crippen LogP contribution < -0.4 is 5.73 Å². The highest BCUT2D eigenvalue weighted by atomic mass is 35.5. The van der Waals surface area contributed by atoms with Crippen molar-refractivity contribution >= 4 is 12.4 Å². The molecular formula is C7H15ClN4. The molecule has 0 atom stereocenters. The first-order valence-corrected chi connectivity index (χ1v) is 3.66. The SMILES string of the molecule is CC(C)(C)c1n[nH]nc1CN.Cl. The second-order valence-electron chi connectivity index (χ2n) is 3.57. The first-order chi connectivity index (χ1) is 5.05. The molecule has 0 amide bonds. The van der Waals surface area contributed by atoms with Crippen LogP contribution in [0.2, 0.25) is 0 Å². The second-order valence-corrected chi connectivity index (χ2v) is 3.57. The van der Waals surface area contributed by atoms with Gasteiger partial charge in [-0.1, -0.05) is 20.8 Å². The maximum Gasteiger partial charge on any atom is 0.0997 e. The maximum absolute atomic E-state index is 5.47. The Labute approximate surface area is 78.3 Å². The molecule has 0 aliphatic carbocycles. The molecule has 5 heteroatoms. The minimum atomic E-state index is 0. The van der Waals surface area contributed by atoms with E-state index in [4.69, 9.17) is 5.73 Å². The Kier molecular flexibility index (Phi) is 3.67. The molecule has 0 aliphatic rings. The van der Waals surface area contributed by atoms with Gasteiger partial charge in [0.2, 0.25) is 0 Å². The fourth-order valence-electron chi connectivity index (χ4n) is 0.996. The Morgan fingerprint density at radius 2 is 1.92 bits per heavy atom. The van der Waals surface area contributed by atoms with Crippen LogP contribution >= 0.6 is 12.4 Å². The van der Waals surface area contributed by atoms with Gasteiger partial charge >= 0.3 is 0 Å². The topological polar surface area (TPSA) is 67.6 Å². The van der Waals surface area contributed by atoms with Crippen molar-refractivity contribution in [2.75, 3.05) is 0 Å². The molecule has 0 fully saturated rings. The van der Waals surface area contributed by atoms with Crippen molar-refractivity contribution in [3.05, 3.63) is 11.4 Å². The summed E-state index contributed by atoms with van der Waals surface area (Å²) in [5.74, 6) is 0.